The molecular weight excluding hydrogens is 879 g/mol. The van der Waals surface area contributed by atoms with Crippen LogP contribution in [0.15, 0.2) is 33.7 Å². The van der Waals surface area contributed by atoms with Gasteiger partial charge in [-0.1, -0.05) is 0 Å². The molecule has 0 unspecified atom stereocenters. The van der Waals surface area contributed by atoms with E-state index >= 15 is 26.3 Å². The lowest BCUT2D eigenvalue weighted by molar-refractivity contribution is -0.254. The van der Waals surface area contributed by atoms with Gasteiger partial charge in [-0.25, -0.2) is 0 Å². The normalized spacial score (nSPS) is 19.6. The van der Waals surface area contributed by atoms with Crippen molar-refractivity contribution in [2.24, 2.45) is 0 Å². The molecule has 10 heterocycles. The Morgan fingerprint density at radius 2 is 0.684 bits per heavy atom. The second-order valence-electron chi connectivity index (χ2n) is 13.0. The Bertz CT molecular complexity index is 2450. The molecule has 4 aliphatic heterocycles. The van der Waals surface area contributed by atoms with E-state index in [1.54, 1.807) is 21.5 Å². The molecule has 296 valence electrons. The SMILES string of the molecule is FC1(F)C(c2cc(-c3scc4c3OCCO4)sc2-c2scc3c2OCCO3)=C(c2cc(-c3scc4c3OCCO4)sc2-c2scc3c2OCCO3)C(F)(F)C1(F)F. The Morgan fingerprint density at radius 3 is 1.04 bits per heavy atom. The van der Waals surface area contributed by atoms with Crippen molar-refractivity contribution in [2.45, 2.75) is 17.8 Å². The molecule has 0 bridgehead atoms. The fraction of sp³-hybridized carbons (Fsp3) is 0.297. The molecule has 0 atom stereocenters. The number of allylic oxidation sites excluding steroid dienone is 2. The molecule has 0 amide bonds. The zero-order valence-corrected chi connectivity index (χ0v) is 33.5. The quantitative estimate of drug-likeness (QED) is 0.153. The van der Waals surface area contributed by atoms with Crippen molar-refractivity contribution < 1.29 is 64.2 Å². The van der Waals surface area contributed by atoms with Crippen LogP contribution in [0.3, 0.4) is 0 Å². The van der Waals surface area contributed by atoms with Crippen LogP contribution in [0.5, 0.6) is 46.0 Å². The summed E-state index contributed by atoms with van der Waals surface area (Å²) in [5.41, 5.74) is -4.00. The van der Waals surface area contributed by atoms with Gasteiger partial charge in [0, 0.05) is 53.5 Å². The maximum Gasteiger partial charge on any atom is 0.380 e. The summed E-state index contributed by atoms with van der Waals surface area (Å²) in [6.07, 6.45) is 0. The second kappa shape index (κ2) is 13.0. The average molecular weight is 901 g/mol. The van der Waals surface area contributed by atoms with Gasteiger partial charge in [-0.2, -0.15) is 26.3 Å². The van der Waals surface area contributed by atoms with E-state index in [0.717, 1.165) is 45.3 Å². The molecule has 1 aliphatic carbocycles. The number of thiophene rings is 6. The Hall–Kier alpha value is -4.08. The molecule has 20 heteroatoms. The van der Waals surface area contributed by atoms with Crippen LogP contribution in [0.2, 0.25) is 0 Å². The molecule has 6 aromatic heterocycles. The monoisotopic (exact) mass is 900 g/mol. The first kappa shape index (κ1) is 36.0. The van der Waals surface area contributed by atoms with E-state index in [1.165, 1.54) is 34.8 Å². The van der Waals surface area contributed by atoms with Crippen LogP contribution in [-0.4, -0.2) is 70.6 Å². The highest BCUT2D eigenvalue weighted by Gasteiger charge is 2.80. The minimum absolute atomic E-state index is 0.0291. The molecule has 0 radical (unpaired) electrons. The Kier molecular flexibility index (Phi) is 8.19. The van der Waals surface area contributed by atoms with Gasteiger partial charge in [0.05, 0.1) is 29.3 Å². The molecular formula is C37H22F6O8S6. The van der Waals surface area contributed by atoms with Gasteiger partial charge >= 0.3 is 17.8 Å². The van der Waals surface area contributed by atoms with Crippen molar-refractivity contribution in [3.8, 4) is 85.0 Å². The predicted molar refractivity (Wildman–Crippen MR) is 208 cm³/mol. The molecule has 0 N–H and O–H groups in total. The van der Waals surface area contributed by atoms with Gasteiger partial charge in [0.25, 0.3) is 0 Å². The second-order valence-corrected chi connectivity index (χ2v) is 18.6. The predicted octanol–water partition coefficient (Wildman–Crippen LogP) is 11.6. The Balaban J connectivity index is 1.21. The molecule has 0 spiro atoms. The van der Waals surface area contributed by atoms with E-state index in [1.807, 2.05) is 0 Å². The minimum Gasteiger partial charge on any atom is -0.485 e. The highest BCUT2D eigenvalue weighted by molar-refractivity contribution is 7.27. The van der Waals surface area contributed by atoms with Crippen LogP contribution in [0, 0.1) is 0 Å². The first-order valence-corrected chi connectivity index (χ1v) is 22.4. The standard InChI is InChI=1S/C37H22F6O8S6/c38-35(39)23(15-9-21(31-25-17(11-52-31)44-1-5-48-25)56-29(15)33-27-19(13-54-33)46-3-7-50-27)24(36(40,41)37(35,42)43)16-10-22(32-26-18(12-53-32)45-2-6-49-26)57-30(16)34-28-20(14-55-34)47-4-8-51-28/h9-14H,1-8H2. The fourth-order valence-corrected chi connectivity index (χ4v) is 13.9. The number of fused-ring (bicyclic) bond motifs is 4. The summed E-state index contributed by atoms with van der Waals surface area (Å²) in [7, 11) is 0. The third-order valence-corrected chi connectivity index (χ3v) is 16.5. The molecule has 57 heavy (non-hydrogen) atoms. The first-order chi connectivity index (χ1) is 27.5. The highest BCUT2D eigenvalue weighted by Crippen LogP contribution is 2.69. The van der Waals surface area contributed by atoms with E-state index in [-0.39, 0.29) is 70.6 Å². The van der Waals surface area contributed by atoms with Crippen molar-refractivity contribution in [1.82, 2.24) is 0 Å². The summed E-state index contributed by atoms with van der Waals surface area (Å²) in [6, 6.07) is 2.52. The van der Waals surface area contributed by atoms with Gasteiger partial charge in [-0.15, -0.1) is 68.0 Å². The molecule has 0 fully saturated rings. The number of alkyl halides is 6. The van der Waals surface area contributed by atoms with E-state index in [4.69, 9.17) is 37.9 Å². The van der Waals surface area contributed by atoms with Gasteiger partial charge in [0.1, 0.15) is 52.9 Å². The minimum atomic E-state index is -5.84. The van der Waals surface area contributed by atoms with Crippen LogP contribution < -0.4 is 37.9 Å². The number of halogens is 6. The summed E-state index contributed by atoms with van der Waals surface area (Å²) in [5, 5.41) is 6.60. The lowest BCUT2D eigenvalue weighted by Gasteiger charge is -2.26. The van der Waals surface area contributed by atoms with Crippen LogP contribution in [0.1, 0.15) is 11.1 Å². The highest BCUT2D eigenvalue weighted by atomic mass is 32.1. The van der Waals surface area contributed by atoms with Gasteiger partial charge in [0.15, 0.2) is 46.0 Å². The van der Waals surface area contributed by atoms with E-state index in [0.29, 0.717) is 67.2 Å². The van der Waals surface area contributed by atoms with E-state index in [9.17, 15) is 0 Å². The third-order valence-electron chi connectivity index (χ3n) is 9.73. The number of ether oxygens (including phenoxy) is 8. The van der Waals surface area contributed by atoms with Crippen molar-refractivity contribution >= 4 is 79.2 Å². The largest absolute Gasteiger partial charge is 0.485 e. The summed E-state index contributed by atoms with van der Waals surface area (Å²) in [5.74, 6) is -13.9. The summed E-state index contributed by atoms with van der Waals surface area (Å²) in [4.78, 5) is 2.18. The van der Waals surface area contributed by atoms with E-state index in [2.05, 4.69) is 0 Å². The summed E-state index contributed by atoms with van der Waals surface area (Å²) < 4.78 is 146. The summed E-state index contributed by atoms with van der Waals surface area (Å²) >= 11 is 6.50. The Morgan fingerprint density at radius 1 is 0.386 bits per heavy atom. The molecule has 0 saturated carbocycles. The maximum atomic E-state index is 16.9. The van der Waals surface area contributed by atoms with Gasteiger partial charge in [-0.3, -0.25) is 0 Å². The number of hydrogen-bond acceptors (Lipinski definition) is 14. The van der Waals surface area contributed by atoms with Gasteiger partial charge in [-0.05, 0) is 12.1 Å². The van der Waals surface area contributed by atoms with Crippen molar-refractivity contribution in [1.29, 1.82) is 0 Å². The number of rotatable bonds is 6. The summed E-state index contributed by atoms with van der Waals surface area (Å²) in [6.45, 7) is 1.73. The van der Waals surface area contributed by atoms with Gasteiger partial charge in [0.2, 0.25) is 0 Å². The maximum absolute atomic E-state index is 16.9. The zero-order valence-electron chi connectivity index (χ0n) is 28.6. The topological polar surface area (TPSA) is 73.8 Å². The molecule has 8 nitrogen and oxygen atoms in total. The van der Waals surface area contributed by atoms with Crippen LogP contribution in [0.4, 0.5) is 26.3 Å². The number of hydrogen-bond donors (Lipinski definition) is 0. The lowest BCUT2D eigenvalue weighted by atomic mass is 9.94. The van der Waals surface area contributed by atoms with Crippen LogP contribution in [-0.2, 0) is 0 Å². The Labute approximate surface area is 341 Å². The fourth-order valence-electron chi connectivity index (χ4n) is 7.25. The smallest absolute Gasteiger partial charge is 0.380 e. The van der Waals surface area contributed by atoms with Crippen molar-refractivity contribution in [3.05, 3.63) is 44.8 Å². The van der Waals surface area contributed by atoms with Crippen LogP contribution in [0.25, 0.3) is 50.2 Å². The first-order valence-electron chi connectivity index (χ1n) is 17.2. The molecule has 5 aliphatic rings. The van der Waals surface area contributed by atoms with Crippen LogP contribution >= 0.6 is 68.0 Å². The average Bonchev–Trinajstić information content (AvgIpc) is 4.07. The molecule has 0 saturated heterocycles. The molecule has 11 rings (SSSR count). The molecule has 0 aromatic carbocycles. The lowest BCUT2D eigenvalue weighted by Crippen LogP contribution is -2.48. The van der Waals surface area contributed by atoms with Gasteiger partial charge < -0.3 is 37.9 Å². The third kappa shape index (κ3) is 5.19. The van der Waals surface area contributed by atoms with E-state index < -0.39 is 40.0 Å². The van der Waals surface area contributed by atoms with Crippen molar-refractivity contribution in [3.63, 3.8) is 0 Å². The van der Waals surface area contributed by atoms with Crippen molar-refractivity contribution in [2.75, 3.05) is 52.9 Å². The zero-order chi connectivity index (χ0) is 38.8. The molecule has 6 aromatic rings.